The van der Waals surface area contributed by atoms with Crippen LogP contribution in [0.3, 0.4) is 0 Å². The van der Waals surface area contributed by atoms with Crippen LogP contribution in [-0.2, 0) is 9.84 Å². The highest BCUT2D eigenvalue weighted by atomic mass is 32.2. The number of rotatable bonds is 4. The predicted molar refractivity (Wildman–Crippen MR) is 64.0 cm³/mol. The maximum atomic E-state index is 11.5. The van der Waals surface area contributed by atoms with Crippen LogP contribution in [0.15, 0.2) is 17.0 Å². The number of sulfone groups is 1. The number of thiophene rings is 1. The summed E-state index contributed by atoms with van der Waals surface area (Å²) in [5.41, 5.74) is 0. The fourth-order valence-corrected chi connectivity index (χ4v) is 2.61. The smallest absolute Gasteiger partial charge is 0.258 e. The molecule has 0 amide bonds. The summed E-state index contributed by atoms with van der Waals surface area (Å²) < 4.78 is 22.9. The average Bonchev–Trinajstić information content (AvgIpc) is 2.74. The largest absolute Gasteiger partial charge is 0.324 e. The third-order valence-corrected chi connectivity index (χ3v) is 4.14. The molecule has 0 aliphatic heterocycles. The molecular weight excluding hydrogens is 278 g/mol. The van der Waals surface area contributed by atoms with Gasteiger partial charge in [-0.25, -0.2) is 8.42 Å². The Hall–Kier alpha value is -2.23. The molecule has 0 bridgehead atoms. The van der Waals surface area contributed by atoms with Gasteiger partial charge in [0, 0.05) is 10.9 Å². The molecule has 0 spiro atoms. The quantitative estimate of drug-likeness (QED) is 0.468. The lowest BCUT2D eigenvalue weighted by Crippen LogP contribution is -2.06. The van der Waals surface area contributed by atoms with E-state index in [1.165, 1.54) is 24.3 Å². The van der Waals surface area contributed by atoms with Crippen LogP contribution in [0.25, 0.3) is 6.08 Å². The van der Waals surface area contributed by atoms with Gasteiger partial charge >= 0.3 is 5.00 Å². The second-order valence-corrected chi connectivity index (χ2v) is 6.02. The lowest BCUT2D eigenvalue weighted by Gasteiger charge is -1.94. The van der Waals surface area contributed by atoms with Crippen LogP contribution < -0.4 is 0 Å². The summed E-state index contributed by atoms with van der Waals surface area (Å²) in [5, 5.41) is 27.3. The van der Waals surface area contributed by atoms with Crippen LogP contribution in [0.4, 0.5) is 5.00 Å². The van der Waals surface area contributed by atoms with Gasteiger partial charge in [0.25, 0.3) is 0 Å². The van der Waals surface area contributed by atoms with Crippen LogP contribution in [0.1, 0.15) is 4.88 Å². The molecule has 9 heteroatoms. The Labute approximate surface area is 106 Å². The van der Waals surface area contributed by atoms with Crippen molar-refractivity contribution in [2.24, 2.45) is 0 Å². The number of hydrogen-bond donors (Lipinski definition) is 0. The standard InChI is InChI=1S/C9H5N3O4S2/c10-3-4-18(15,16)8(6-11)5-7-1-2-9(17-7)12(13)14/h1-2,5H,4H2/b8-5+. The zero-order chi connectivity index (χ0) is 13.8. The van der Waals surface area contributed by atoms with E-state index < -0.39 is 25.4 Å². The van der Waals surface area contributed by atoms with Crippen LogP contribution in [-0.4, -0.2) is 19.1 Å². The minimum absolute atomic E-state index is 0.156. The van der Waals surface area contributed by atoms with E-state index in [0.717, 1.165) is 17.4 Å². The minimum Gasteiger partial charge on any atom is -0.258 e. The topological polar surface area (TPSA) is 125 Å². The third-order valence-electron chi connectivity index (χ3n) is 1.77. The van der Waals surface area contributed by atoms with Crippen molar-refractivity contribution in [1.82, 2.24) is 0 Å². The predicted octanol–water partition coefficient (Wildman–Crippen LogP) is 1.46. The monoisotopic (exact) mass is 283 g/mol. The second-order valence-electron chi connectivity index (χ2n) is 2.97. The van der Waals surface area contributed by atoms with Gasteiger partial charge in [0.1, 0.15) is 16.7 Å². The van der Waals surface area contributed by atoms with Gasteiger partial charge in [-0.3, -0.25) is 10.1 Å². The molecule has 1 aromatic heterocycles. The Morgan fingerprint density at radius 1 is 1.50 bits per heavy atom. The highest BCUT2D eigenvalue weighted by Gasteiger charge is 2.18. The molecular formula is C9H5N3O4S2. The van der Waals surface area contributed by atoms with Crippen LogP contribution in [0.2, 0.25) is 0 Å². The molecule has 7 nitrogen and oxygen atoms in total. The molecule has 0 atom stereocenters. The van der Waals surface area contributed by atoms with Crippen molar-refractivity contribution in [2.45, 2.75) is 0 Å². The fraction of sp³-hybridized carbons (Fsp3) is 0.111. The molecule has 0 unspecified atom stereocenters. The molecule has 0 N–H and O–H groups in total. The van der Waals surface area contributed by atoms with E-state index in [0.29, 0.717) is 0 Å². The number of nitrogens with zero attached hydrogens (tertiary/aromatic N) is 3. The highest BCUT2D eigenvalue weighted by Crippen LogP contribution is 2.26. The first kappa shape index (κ1) is 13.8. The minimum atomic E-state index is -3.96. The first-order valence-electron chi connectivity index (χ1n) is 4.36. The van der Waals surface area contributed by atoms with Gasteiger partial charge in [-0.1, -0.05) is 11.3 Å². The summed E-state index contributed by atoms with van der Waals surface area (Å²) in [6, 6.07) is 5.47. The lowest BCUT2D eigenvalue weighted by atomic mass is 10.4. The van der Waals surface area contributed by atoms with E-state index in [9.17, 15) is 18.5 Å². The van der Waals surface area contributed by atoms with Crippen LogP contribution in [0.5, 0.6) is 0 Å². The van der Waals surface area contributed by atoms with Crippen molar-refractivity contribution in [3.05, 3.63) is 32.0 Å². The summed E-state index contributed by atoms with van der Waals surface area (Å²) in [6.07, 6.45) is 1.02. The van der Waals surface area contributed by atoms with E-state index >= 15 is 0 Å². The van der Waals surface area contributed by atoms with Gasteiger partial charge in [-0.05, 0) is 12.1 Å². The molecule has 1 rings (SSSR count). The van der Waals surface area contributed by atoms with Crippen molar-refractivity contribution in [3.8, 4) is 12.1 Å². The lowest BCUT2D eigenvalue weighted by molar-refractivity contribution is -0.380. The molecule has 92 valence electrons. The average molecular weight is 283 g/mol. The molecule has 0 saturated carbocycles. The van der Waals surface area contributed by atoms with Gasteiger partial charge in [0.2, 0.25) is 9.84 Å². The molecule has 18 heavy (non-hydrogen) atoms. The molecule has 0 saturated heterocycles. The Kier molecular flexibility index (Phi) is 4.15. The van der Waals surface area contributed by atoms with E-state index in [2.05, 4.69) is 0 Å². The Morgan fingerprint density at radius 3 is 2.61 bits per heavy atom. The van der Waals surface area contributed by atoms with Gasteiger partial charge in [-0.15, -0.1) is 0 Å². The normalized spacial score (nSPS) is 11.6. The highest BCUT2D eigenvalue weighted by molar-refractivity contribution is 7.95. The summed E-state index contributed by atoms with van der Waals surface area (Å²) in [6.45, 7) is 0. The SMILES string of the molecule is N#CCS(=O)(=O)/C(C#N)=C/c1ccc([N+](=O)[O-])s1. The van der Waals surface area contributed by atoms with E-state index in [1.54, 1.807) is 0 Å². The van der Waals surface area contributed by atoms with Crippen LogP contribution in [0, 0.1) is 32.8 Å². The fourth-order valence-electron chi connectivity index (χ4n) is 1.00. The van der Waals surface area contributed by atoms with Crippen molar-refractivity contribution < 1.29 is 13.3 Å². The Bertz CT molecular complexity index is 688. The second kappa shape index (κ2) is 5.40. The van der Waals surface area contributed by atoms with E-state index in [1.807, 2.05) is 0 Å². The zero-order valence-electron chi connectivity index (χ0n) is 8.73. The van der Waals surface area contributed by atoms with Crippen molar-refractivity contribution in [1.29, 1.82) is 10.5 Å². The number of hydrogen-bond acceptors (Lipinski definition) is 7. The maximum Gasteiger partial charge on any atom is 0.324 e. The molecule has 1 aromatic rings. The third kappa shape index (κ3) is 3.13. The van der Waals surface area contributed by atoms with E-state index in [-0.39, 0.29) is 9.88 Å². The summed E-state index contributed by atoms with van der Waals surface area (Å²) in [4.78, 5) is 9.51. The van der Waals surface area contributed by atoms with E-state index in [4.69, 9.17) is 10.5 Å². The molecule has 0 radical (unpaired) electrons. The molecule has 0 fully saturated rings. The molecule has 1 heterocycles. The summed E-state index contributed by atoms with van der Waals surface area (Å²) in [5.74, 6) is -0.806. The first-order valence-corrected chi connectivity index (χ1v) is 6.83. The zero-order valence-corrected chi connectivity index (χ0v) is 10.4. The Morgan fingerprint density at radius 2 is 2.17 bits per heavy atom. The van der Waals surface area contributed by atoms with Gasteiger partial charge < -0.3 is 0 Å². The number of nitro groups is 1. The molecule has 0 aliphatic carbocycles. The summed E-state index contributed by atoms with van der Waals surface area (Å²) in [7, 11) is -3.96. The number of nitriles is 2. The van der Waals surface area contributed by atoms with Crippen molar-refractivity contribution in [3.63, 3.8) is 0 Å². The van der Waals surface area contributed by atoms with Gasteiger partial charge in [-0.2, -0.15) is 10.5 Å². The van der Waals surface area contributed by atoms with Gasteiger partial charge in [0.05, 0.1) is 11.0 Å². The summed E-state index contributed by atoms with van der Waals surface area (Å²) >= 11 is 0.745. The molecule has 0 aromatic carbocycles. The molecule has 0 aliphatic rings. The van der Waals surface area contributed by atoms with Crippen molar-refractivity contribution in [2.75, 3.05) is 5.75 Å². The Balaban J connectivity index is 3.18. The maximum absolute atomic E-state index is 11.5. The van der Waals surface area contributed by atoms with Crippen LogP contribution >= 0.6 is 11.3 Å². The van der Waals surface area contributed by atoms with Gasteiger partial charge in [0.15, 0.2) is 0 Å². The van der Waals surface area contributed by atoms with Crippen molar-refractivity contribution >= 4 is 32.3 Å². The number of allylic oxidation sites excluding steroid dienone is 1. The first-order chi connectivity index (χ1) is 8.40.